The van der Waals surface area contributed by atoms with Crippen LogP contribution in [-0.4, -0.2) is 33.4 Å². The quantitative estimate of drug-likeness (QED) is 0.801. The summed E-state index contributed by atoms with van der Waals surface area (Å²) in [6, 6.07) is 15.9. The third-order valence-corrected chi connectivity index (χ3v) is 7.56. The largest absolute Gasteiger partial charge is 0.381 e. The Kier molecular flexibility index (Phi) is 5.21. The van der Waals surface area contributed by atoms with Gasteiger partial charge < -0.3 is 10.5 Å². The number of sulfone groups is 1. The molecular formula is C19H22ClNO3S. The van der Waals surface area contributed by atoms with Crippen LogP contribution in [0.15, 0.2) is 59.5 Å². The van der Waals surface area contributed by atoms with Crippen molar-refractivity contribution < 1.29 is 13.2 Å². The highest BCUT2D eigenvalue weighted by Crippen LogP contribution is 2.63. The first-order chi connectivity index (χ1) is 12.0. The standard InChI is InChI=1S/C19H22ClNO3S/c1-2-24-13-19(12-21)17(14-8-10-15(20)11-9-14)18(19)25(22,23)16-6-4-3-5-7-16/h3-11,17-18H,2,12-13,21H2,1H3/t17-,18+,19+/m0/s1. The molecule has 1 saturated carbocycles. The summed E-state index contributed by atoms with van der Waals surface area (Å²) in [5.74, 6) is -0.202. The van der Waals surface area contributed by atoms with Gasteiger partial charge >= 0.3 is 0 Å². The maximum absolute atomic E-state index is 13.2. The molecule has 3 rings (SSSR count). The fourth-order valence-corrected chi connectivity index (χ4v) is 6.23. The van der Waals surface area contributed by atoms with Crippen molar-refractivity contribution in [1.29, 1.82) is 0 Å². The number of nitrogens with two attached hydrogens (primary N) is 1. The molecule has 2 N–H and O–H groups in total. The molecule has 0 aromatic heterocycles. The van der Waals surface area contributed by atoms with Crippen molar-refractivity contribution in [3.63, 3.8) is 0 Å². The molecule has 25 heavy (non-hydrogen) atoms. The minimum atomic E-state index is -3.52. The van der Waals surface area contributed by atoms with E-state index in [1.807, 2.05) is 19.1 Å². The van der Waals surface area contributed by atoms with Crippen molar-refractivity contribution in [3.8, 4) is 0 Å². The Balaban J connectivity index is 2.04. The van der Waals surface area contributed by atoms with Gasteiger partial charge in [-0.1, -0.05) is 41.9 Å². The minimum Gasteiger partial charge on any atom is -0.381 e. The van der Waals surface area contributed by atoms with E-state index in [1.165, 1.54) is 0 Å². The molecule has 0 unspecified atom stereocenters. The first-order valence-electron chi connectivity index (χ1n) is 8.29. The van der Waals surface area contributed by atoms with Crippen LogP contribution < -0.4 is 5.73 Å². The van der Waals surface area contributed by atoms with E-state index in [1.54, 1.807) is 42.5 Å². The highest BCUT2D eigenvalue weighted by Gasteiger charge is 2.70. The molecule has 6 heteroatoms. The molecule has 1 aliphatic rings. The third-order valence-electron chi connectivity index (χ3n) is 4.97. The van der Waals surface area contributed by atoms with Crippen LogP contribution in [0.4, 0.5) is 0 Å². The van der Waals surface area contributed by atoms with Gasteiger partial charge in [0, 0.05) is 29.5 Å². The Morgan fingerprint density at radius 1 is 1.12 bits per heavy atom. The lowest BCUT2D eigenvalue weighted by Crippen LogP contribution is -2.29. The molecule has 0 spiro atoms. The smallest absolute Gasteiger partial charge is 0.182 e. The van der Waals surface area contributed by atoms with Crippen LogP contribution in [0.1, 0.15) is 18.4 Å². The lowest BCUT2D eigenvalue weighted by molar-refractivity contribution is 0.101. The van der Waals surface area contributed by atoms with Crippen molar-refractivity contribution in [1.82, 2.24) is 0 Å². The first kappa shape index (κ1) is 18.4. The summed E-state index contributed by atoms with van der Waals surface area (Å²) in [5.41, 5.74) is 6.38. The van der Waals surface area contributed by atoms with Gasteiger partial charge in [0.05, 0.1) is 16.8 Å². The van der Waals surface area contributed by atoms with Crippen LogP contribution in [0.2, 0.25) is 5.02 Å². The summed E-state index contributed by atoms with van der Waals surface area (Å²) in [4.78, 5) is 0.325. The Morgan fingerprint density at radius 3 is 2.32 bits per heavy atom. The topological polar surface area (TPSA) is 69.4 Å². The Hall–Kier alpha value is -1.40. The van der Waals surface area contributed by atoms with Gasteiger partial charge in [-0.15, -0.1) is 0 Å². The fourth-order valence-electron chi connectivity index (χ4n) is 3.64. The Bertz CT molecular complexity index is 824. The van der Waals surface area contributed by atoms with E-state index < -0.39 is 20.5 Å². The second-order valence-corrected chi connectivity index (χ2v) is 8.89. The minimum absolute atomic E-state index is 0.202. The van der Waals surface area contributed by atoms with Crippen LogP contribution in [-0.2, 0) is 14.6 Å². The van der Waals surface area contributed by atoms with Gasteiger partial charge in [0.2, 0.25) is 0 Å². The highest BCUT2D eigenvalue weighted by atomic mass is 35.5. The summed E-state index contributed by atoms with van der Waals surface area (Å²) in [6.45, 7) is 2.98. The Morgan fingerprint density at radius 2 is 1.76 bits per heavy atom. The molecular weight excluding hydrogens is 358 g/mol. The predicted molar refractivity (Wildman–Crippen MR) is 99.6 cm³/mol. The molecule has 2 aromatic rings. The summed E-state index contributed by atoms with van der Waals surface area (Å²) in [5, 5.41) is 0.0233. The van der Waals surface area contributed by atoms with Crippen molar-refractivity contribution in [2.24, 2.45) is 11.1 Å². The number of hydrogen-bond donors (Lipinski definition) is 1. The molecule has 0 aliphatic heterocycles. The van der Waals surface area contributed by atoms with Crippen LogP contribution in [0.25, 0.3) is 0 Å². The summed E-state index contributed by atoms with van der Waals surface area (Å²) >= 11 is 5.98. The molecule has 0 bridgehead atoms. The zero-order valence-corrected chi connectivity index (χ0v) is 15.6. The normalized spacial score (nSPS) is 25.7. The monoisotopic (exact) mass is 379 g/mol. The predicted octanol–water partition coefficient (Wildman–Crippen LogP) is 3.26. The van der Waals surface area contributed by atoms with Crippen LogP contribution in [0.3, 0.4) is 0 Å². The summed E-state index contributed by atoms with van der Waals surface area (Å²) < 4.78 is 32.1. The van der Waals surface area contributed by atoms with E-state index >= 15 is 0 Å². The SMILES string of the molecule is CCOC[C@@]1(CN)[C@H](S(=O)(=O)c2ccccc2)[C@@H]1c1ccc(Cl)cc1. The number of rotatable bonds is 7. The van der Waals surface area contributed by atoms with Gasteiger partial charge in [-0.25, -0.2) is 8.42 Å². The molecule has 1 fully saturated rings. The molecule has 0 radical (unpaired) electrons. The number of ether oxygens (including phenoxy) is 1. The van der Waals surface area contributed by atoms with Crippen LogP contribution in [0.5, 0.6) is 0 Å². The molecule has 2 aromatic carbocycles. The van der Waals surface area contributed by atoms with Gasteiger partial charge in [-0.3, -0.25) is 0 Å². The number of hydrogen-bond acceptors (Lipinski definition) is 4. The molecule has 0 saturated heterocycles. The highest BCUT2D eigenvalue weighted by molar-refractivity contribution is 7.92. The average Bonchev–Trinajstić information content (AvgIpc) is 3.31. The number of benzene rings is 2. The fraction of sp³-hybridized carbons (Fsp3) is 0.368. The van der Waals surface area contributed by atoms with E-state index in [0.29, 0.717) is 23.1 Å². The van der Waals surface area contributed by atoms with Gasteiger partial charge in [0.1, 0.15) is 0 Å². The van der Waals surface area contributed by atoms with E-state index in [-0.39, 0.29) is 12.5 Å². The van der Waals surface area contributed by atoms with E-state index in [0.717, 1.165) is 5.56 Å². The average molecular weight is 380 g/mol. The van der Waals surface area contributed by atoms with Crippen molar-refractivity contribution in [2.75, 3.05) is 19.8 Å². The number of halogens is 1. The lowest BCUT2D eigenvalue weighted by atomic mass is 10.00. The van der Waals surface area contributed by atoms with Gasteiger partial charge in [-0.2, -0.15) is 0 Å². The summed E-state index contributed by atoms with van der Waals surface area (Å²) in [6.07, 6.45) is 0. The molecule has 134 valence electrons. The second-order valence-electron chi connectivity index (χ2n) is 6.38. The maximum Gasteiger partial charge on any atom is 0.182 e. The van der Waals surface area contributed by atoms with Crippen LogP contribution in [0, 0.1) is 5.41 Å². The van der Waals surface area contributed by atoms with Crippen molar-refractivity contribution in [2.45, 2.75) is 23.0 Å². The van der Waals surface area contributed by atoms with Gasteiger partial charge in [0.25, 0.3) is 0 Å². The van der Waals surface area contributed by atoms with E-state index in [4.69, 9.17) is 22.1 Å². The molecule has 0 heterocycles. The van der Waals surface area contributed by atoms with Crippen molar-refractivity contribution in [3.05, 3.63) is 65.2 Å². The molecule has 3 atom stereocenters. The Labute approximate surface area is 153 Å². The molecule has 4 nitrogen and oxygen atoms in total. The van der Waals surface area contributed by atoms with Crippen LogP contribution >= 0.6 is 11.6 Å². The second kappa shape index (κ2) is 7.08. The zero-order chi connectivity index (χ0) is 18.1. The van der Waals surface area contributed by atoms with Gasteiger partial charge in [-0.05, 0) is 36.8 Å². The van der Waals surface area contributed by atoms with Crippen molar-refractivity contribution >= 4 is 21.4 Å². The zero-order valence-electron chi connectivity index (χ0n) is 14.1. The lowest BCUT2D eigenvalue weighted by Gasteiger charge is -2.16. The van der Waals surface area contributed by atoms with E-state index in [9.17, 15) is 8.42 Å². The first-order valence-corrected chi connectivity index (χ1v) is 10.2. The molecule has 1 aliphatic carbocycles. The van der Waals surface area contributed by atoms with E-state index in [2.05, 4.69) is 0 Å². The maximum atomic E-state index is 13.2. The third kappa shape index (κ3) is 3.22. The summed E-state index contributed by atoms with van der Waals surface area (Å²) in [7, 11) is -3.52. The molecule has 0 amide bonds. The van der Waals surface area contributed by atoms with Gasteiger partial charge in [0.15, 0.2) is 9.84 Å².